The van der Waals surface area contributed by atoms with Gasteiger partial charge in [-0.05, 0) is 19.9 Å². The number of rotatable bonds is 3. The Balaban J connectivity index is 1.58. The van der Waals surface area contributed by atoms with Crippen molar-refractivity contribution in [3.05, 3.63) is 59.3 Å². The van der Waals surface area contributed by atoms with Crippen LogP contribution in [0.2, 0.25) is 0 Å². The molecule has 0 unspecified atom stereocenters. The van der Waals surface area contributed by atoms with Crippen LogP contribution in [0.5, 0.6) is 0 Å². The highest BCUT2D eigenvalue weighted by Crippen LogP contribution is 2.21. The van der Waals surface area contributed by atoms with Gasteiger partial charge in [-0.15, -0.1) is 0 Å². The summed E-state index contributed by atoms with van der Waals surface area (Å²) in [6.07, 6.45) is 2.78. The topological polar surface area (TPSA) is 89.3 Å². The number of aryl methyl sites for hydroxylation is 2. The molecule has 4 rings (SSSR count). The number of carbonyl (C=O) groups excluding carboxylic acids is 1. The number of hydrogen-bond donors (Lipinski definition) is 0. The third kappa shape index (κ3) is 3.96. The van der Waals surface area contributed by atoms with Gasteiger partial charge in [0.05, 0.1) is 31.1 Å². The molecule has 0 saturated carbocycles. The molecule has 0 atom stereocenters. The van der Waals surface area contributed by atoms with E-state index in [-0.39, 0.29) is 24.4 Å². The average molecular weight is 415 g/mol. The average Bonchev–Trinajstić information content (AvgIpc) is 3.12. The standard InChI is InChI=1S/C19H19F2N7O2/c1-12-9-18(25-13(2)24-12)27-6-5-26(7-8-30-27)19(29)14-10-15(20)16(21)11-17(14)28-22-3-4-23-28/h3-4,9-11H,5-8H2,1-2H3. The molecule has 156 valence electrons. The molecule has 0 bridgehead atoms. The lowest BCUT2D eigenvalue weighted by atomic mass is 10.1. The number of hydrogen-bond acceptors (Lipinski definition) is 7. The third-order valence-electron chi connectivity index (χ3n) is 4.58. The Morgan fingerprint density at radius 2 is 1.73 bits per heavy atom. The molecule has 1 fully saturated rings. The monoisotopic (exact) mass is 415 g/mol. The molecule has 0 spiro atoms. The van der Waals surface area contributed by atoms with Gasteiger partial charge >= 0.3 is 0 Å². The lowest BCUT2D eigenvalue weighted by Gasteiger charge is -2.22. The normalized spacial score (nSPS) is 14.7. The van der Waals surface area contributed by atoms with E-state index in [2.05, 4.69) is 20.2 Å². The summed E-state index contributed by atoms with van der Waals surface area (Å²) in [6.45, 7) is 4.78. The van der Waals surface area contributed by atoms with E-state index in [0.29, 0.717) is 24.7 Å². The van der Waals surface area contributed by atoms with Crippen molar-refractivity contribution in [1.82, 2.24) is 29.9 Å². The molecule has 30 heavy (non-hydrogen) atoms. The molecular weight excluding hydrogens is 396 g/mol. The van der Waals surface area contributed by atoms with Crippen molar-refractivity contribution in [2.45, 2.75) is 13.8 Å². The molecule has 1 saturated heterocycles. The van der Waals surface area contributed by atoms with Crippen LogP contribution in [0.4, 0.5) is 14.6 Å². The second kappa shape index (κ2) is 8.11. The summed E-state index contributed by atoms with van der Waals surface area (Å²) in [5.41, 5.74) is 0.830. The molecule has 0 radical (unpaired) electrons. The van der Waals surface area contributed by atoms with Crippen LogP contribution in [-0.4, -0.2) is 62.0 Å². The molecule has 1 aliphatic rings. The number of hydroxylamine groups is 1. The zero-order valence-electron chi connectivity index (χ0n) is 16.4. The number of aromatic nitrogens is 5. The Kier molecular flexibility index (Phi) is 5.36. The highest BCUT2D eigenvalue weighted by Gasteiger charge is 2.26. The molecule has 3 heterocycles. The van der Waals surface area contributed by atoms with Crippen LogP contribution >= 0.6 is 0 Å². The van der Waals surface area contributed by atoms with Crippen LogP contribution < -0.4 is 5.06 Å². The molecule has 1 amide bonds. The molecule has 0 aliphatic carbocycles. The summed E-state index contributed by atoms with van der Waals surface area (Å²) in [6, 6.07) is 3.58. The zero-order valence-corrected chi connectivity index (χ0v) is 16.4. The van der Waals surface area contributed by atoms with Crippen LogP contribution in [0, 0.1) is 25.5 Å². The Morgan fingerprint density at radius 1 is 1.00 bits per heavy atom. The van der Waals surface area contributed by atoms with Gasteiger partial charge < -0.3 is 4.90 Å². The van der Waals surface area contributed by atoms with Gasteiger partial charge in [0.25, 0.3) is 5.91 Å². The predicted octanol–water partition coefficient (Wildman–Crippen LogP) is 1.85. The maximum atomic E-state index is 13.9. The molecular formula is C19H19F2N7O2. The minimum Gasteiger partial charge on any atom is -0.334 e. The summed E-state index contributed by atoms with van der Waals surface area (Å²) in [7, 11) is 0. The summed E-state index contributed by atoms with van der Waals surface area (Å²) < 4.78 is 27.7. The summed E-state index contributed by atoms with van der Waals surface area (Å²) in [5, 5.41) is 9.47. The lowest BCUT2D eigenvalue weighted by Crippen LogP contribution is -2.36. The van der Waals surface area contributed by atoms with Crippen LogP contribution in [-0.2, 0) is 4.84 Å². The SMILES string of the molecule is Cc1cc(N2CCN(C(=O)c3cc(F)c(F)cc3-n3nccn3)CCO2)nc(C)n1. The summed E-state index contributed by atoms with van der Waals surface area (Å²) >= 11 is 0. The fourth-order valence-electron chi connectivity index (χ4n) is 3.24. The van der Waals surface area contributed by atoms with Crippen molar-refractivity contribution in [1.29, 1.82) is 0 Å². The quantitative estimate of drug-likeness (QED) is 0.645. The Morgan fingerprint density at radius 3 is 2.47 bits per heavy atom. The van der Waals surface area contributed by atoms with Crippen molar-refractivity contribution in [3.63, 3.8) is 0 Å². The van der Waals surface area contributed by atoms with Crippen LogP contribution in [0.1, 0.15) is 21.9 Å². The number of anilines is 1. The van der Waals surface area contributed by atoms with Gasteiger partial charge in [0, 0.05) is 30.9 Å². The number of halogens is 2. The van der Waals surface area contributed by atoms with Gasteiger partial charge in [-0.3, -0.25) is 9.63 Å². The first-order valence-electron chi connectivity index (χ1n) is 9.30. The van der Waals surface area contributed by atoms with E-state index in [0.717, 1.165) is 22.6 Å². The van der Waals surface area contributed by atoms with Gasteiger partial charge in [0.15, 0.2) is 17.5 Å². The highest BCUT2D eigenvalue weighted by molar-refractivity contribution is 5.97. The third-order valence-corrected chi connectivity index (χ3v) is 4.58. The van der Waals surface area contributed by atoms with E-state index < -0.39 is 17.5 Å². The highest BCUT2D eigenvalue weighted by atomic mass is 19.2. The van der Waals surface area contributed by atoms with E-state index >= 15 is 0 Å². The number of amides is 1. The smallest absolute Gasteiger partial charge is 0.256 e. The number of carbonyl (C=O) groups is 1. The van der Waals surface area contributed by atoms with Crippen LogP contribution in [0.25, 0.3) is 5.69 Å². The summed E-state index contributed by atoms with van der Waals surface area (Å²) in [4.78, 5) is 30.1. The second-order valence-electron chi connectivity index (χ2n) is 6.74. The minimum atomic E-state index is -1.12. The maximum Gasteiger partial charge on any atom is 0.256 e. The van der Waals surface area contributed by atoms with Gasteiger partial charge in [-0.25, -0.2) is 23.8 Å². The van der Waals surface area contributed by atoms with Crippen molar-refractivity contribution < 1.29 is 18.4 Å². The van der Waals surface area contributed by atoms with Crippen molar-refractivity contribution >= 4 is 11.7 Å². The lowest BCUT2D eigenvalue weighted by molar-refractivity contribution is 0.0729. The fraction of sp³-hybridized carbons (Fsp3) is 0.316. The van der Waals surface area contributed by atoms with Crippen molar-refractivity contribution in [2.24, 2.45) is 0 Å². The van der Waals surface area contributed by atoms with E-state index in [1.54, 1.807) is 18.1 Å². The van der Waals surface area contributed by atoms with Gasteiger partial charge in [0.1, 0.15) is 11.5 Å². The molecule has 1 aromatic carbocycles. The van der Waals surface area contributed by atoms with Gasteiger partial charge in [-0.1, -0.05) is 0 Å². The van der Waals surface area contributed by atoms with Crippen molar-refractivity contribution in [3.8, 4) is 5.69 Å². The zero-order chi connectivity index (χ0) is 21.3. The maximum absolute atomic E-state index is 13.9. The van der Waals surface area contributed by atoms with Gasteiger partial charge in [0.2, 0.25) is 0 Å². The first-order chi connectivity index (χ1) is 14.4. The molecule has 9 nitrogen and oxygen atoms in total. The largest absolute Gasteiger partial charge is 0.334 e. The predicted molar refractivity (Wildman–Crippen MR) is 102 cm³/mol. The molecule has 2 aromatic heterocycles. The fourth-order valence-corrected chi connectivity index (χ4v) is 3.24. The van der Waals surface area contributed by atoms with Crippen LogP contribution in [0.3, 0.4) is 0 Å². The first-order valence-corrected chi connectivity index (χ1v) is 9.30. The van der Waals surface area contributed by atoms with Crippen molar-refractivity contribution in [2.75, 3.05) is 31.3 Å². The van der Waals surface area contributed by atoms with Gasteiger partial charge in [-0.2, -0.15) is 15.0 Å². The first kappa shape index (κ1) is 19.8. The Hall–Kier alpha value is -3.47. The van der Waals surface area contributed by atoms with E-state index in [1.165, 1.54) is 17.3 Å². The Labute approximate surface area is 170 Å². The number of nitrogens with zero attached hydrogens (tertiary/aromatic N) is 7. The minimum absolute atomic E-state index is 0.0349. The van der Waals surface area contributed by atoms with E-state index in [1.807, 2.05) is 6.92 Å². The second-order valence-corrected chi connectivity index (χ2v) is 6.74. The van der Waals surface area contributed by atoms with E-state index in [4.69, 9.17) is 4.84 Å². The van der Waals surface area contributed by atoms with E-state index in [9.17, 15) is 13.6 Å². The molecule has 3 aromatic rings. The molecule has 11 heteroatoms. The molecule has 1 aliphatic heterocycles. The van der Waals surface area contributed by atoms with Crippen LogP contribution in [0.15, 0.2) is 30.6 Å². The Bertz CT molecular complexity index is 1050. The molecule has 0 N–H and O–H groups in total. The summed E-state index contributed by atoms with van der Waals surface area (Å²) in [5.74, 6) is -1.46. The number of benzene rings is 1.